The van der Waals surface area contributed by atoms with Crippen LogP contribution in [-0.2, 0) is 9.53 Å². The van der Waals surface area contributed by atoms with Crippen molar-refractivity contribution >= 4 is 11.6 Å². The molecule has 0 aromatic carbocycles. The van der Waals surface area contributed by atoms with Gasteiger partial charge in [0.25, 0.3) is 0 Å². The predicted molar refractivity (Wildman–Crippen MR) is 65.1 cm³/mol. The Morgan fingerprint density at radius 1 is 1.44 bits per heavy atom. The van der Waals surface area contributed by atoms with Crippen molar-refractivity contribution in [1.82, 2.24) is 19.6 Å². The number of hydrogen-bond donors (Lipinski definition) is 0. The SMILES string of the molecule is CCCC(C(=O)OCC)c1nnc2ccncn12. The largest absolute Gasteiger partial charge is 0.465 e. The maximum Gasteiger partial charge on any atom is 0.316 e. The van der Waals surface area contributed by atoms with Crippen LogP contribution in [0.15, 0.2) is 18.6 Å². The minimum Gasteiger partial charge on any atom is -0.465 e. The molecule has 2 aromatic rings. The Labute approximate surface area is 105 Å². The number of carbonyl (C=O) groups is 1. The summed E-state index contributed by atoms with van der Waals surface area (Å²) in [6.45, 7) is 4.19. The fraction of sp³-hybridized carbons (Fsp3) is 0.500. The molecule has 1 unspecified atom stereocenters. The van der Waals surface area contributed by atoms with E-state index in [1.807, 2.05) is 6.92 Å². The highest BCUT2D eigenvalue weighted by Crippen LogP contribution is 2.21. The van der Waals surface area contributed by atoms with Crippen LogP contribution >= 0.6 is 0 Å². The standard InChI is InChI=1S/C12H16N4O2/c1-3-5-9(12(17)18-4-2)11-15-14-10-6-7-13-8-16(10)11/h6-9H,3-5H2,1-2H3. The first kappa shape index (κ1) is 12.5. The molecule has 6 nitrogen and oxygen atoms in total. The van der Waals surface area contributed by atoms with Gasteiger partial charge in [-0.2, -0.15) is 0 Å². The Hall–Kier alpha value is -1.98. The van der Waals surface area contributed by atoms with Crippen molar-refractivity contribution in [2.45, 2.75) is 32.6 Å². The molecule has 6 heteroatoms. The zero-order chi connectivity index (χ0) is 13.0. The molecule has 2 heterocycles. The number of nitrogens with zero attached hydrogens (tertiary/aromatic N) is 4. The van der Waals surface area contributed by atoms with Crippen LogP contribution in [-0.4, -0.2) is 32.2 Å². The van der Waals surface area contributed by atoms with Crippen LogP contribution in [0.2, 0.25) is 0 Å². The molecule has 0 aliphatic carbocycles. The van der Waals surface area contributed by atoms with Crippen molar-refractivity contribution in [2.24, 2.45) is 0 Å². The molecule has 0 saturated heterocycles. The van der Waals surface area contributed by atoms with Gasteiger partial charge in [-0.15, -0.1) is 10.2 Å². The molecule has 0 fully saturated rings. The number of aromatic nitrogens is 4. The highest BCUT2D eigenvalue weighted by molar-refractivity contribution is 5.77. The molecule has 2 aromatic heterocycles. The van der Waals surface area contributed by atoms with Gasteiger partial charge < -0.3 is 4.74 Å². The second-order valence-corrected chi connectivity index (χ2v) is 3.96. The number of rotatable bonds is 5. The van der Waals surface area contributed by atoms with E-state index < -0.39 is 0 Å². The van der Waals surface area contributed by atoms with E-state index in [2.05, 4.69) is 15.2 Å². The molecule has 96 valence electrons. The number of hydrogen-bond acceptors (Lipinski definition) is 5. The molecular weight excluding hydrogens is 232 g/mol. The van der Waals surface area contributed by atoms with Crippen molar-refractivity contribution in [3.63, 3.8) is 0 Å². The van der Waals surface area contributed by atoms with Gasteiger partial charge >= 0.3 is 5.97 Å². The van der Waals surface area contributed by atoms with Gasteiger partial charge in [0, 0.05) is 12.3 Å². The Kier molecular flexibility index (Phi) is 3.86. The van der Waals surface area contributed by atoms with Gasteiger partial charge in [0.2, 0.25) is 0 Å². The molecule has 0 amide bonds. The minimum absolute atomic E-state index is 0.252. The van der Waals surface area contributed by atoms with Crippen LogP contribution in [0, 0.1) is 0 Å². The third kappa shape index (κ3) is 2.32. The van der Waals surface area contributed by atoms with Gasteiger partial charge in [-0.05, 0) is 13.3 Å². The van der Waals surface area contributed by atoms with E-state index in [1.54, 1.807) is 29.9 Å². The quantitative estimate of drug-likeness (QED) is 0.751. The smallest absolute Gasteiger partial charge is 0.316 e. The van der Waals surface area contributed by atoms with Crippen molar-refractivity contribution in [3.8, 4) is 0 Å². The lowest BCUT2D eigenvalue weighted by Gasteiger charge is -2.12. The normalized spacial score (nSPS) is 12.6. The lowest BCUT2D eigenvalue weighted by atomic mass is 10.0. The monoisotopic (exact) mass is 248 g/mol. The summed E-state index contributed by atoms with van der Waals surface area (Å²) in [5, 5.41) is 8.12. The van der Waals surface area contributed by atoms with E-state index >= 15 is 0 Å². The van der Waals surface area contributed by atoms with Gasteiger partial charge in [0.1, 0.15) is 12.2 Å². The number of ether oxygens (including phenoxy) is 1. The Bertz CT molecular complexity index is 538. The number of fused-ring (bicyclic) bond motifs is 1. The summed E-state index contributed by atoms with van der Waals surface area (Å²) in [6.07, 6.45) is 4.83. The van der Waals surface area contributed by atoms with Gasteiger partial charge in [-0.1, -0.05) is 13.3 Å². The lowest BCUT2D eigenvalue weighted by Crippen LogP contribution is -2.18. The number of esters is 1. The van der Waals surface area contributed by atoms with Crippen LogP contribution in [0.4, 0.5) is 0 Å². The topological polar surface area (TPSA) is 69.4 Å². The Morgan fingerprint density at radius 3 is 3.00 bits per heavy atom. The first-order valence-electron chi connectivity index (χ1n) is 6.09. The predicted octanol–water partition coefficient (Wildman–Crippen LogP) is 1.57. The van der Waals surface area contributed by atoms with Crippen molar-refractivity contribution in [1.29, 1.82) is 0 Å². The second-order valence-electron chi connectivity index (χ2n) is 3.96. The van der Waals surface area contributed by atoms with Gasteiger partial charge in [0.15, 0.2) is 11.5 Å². The third-order valence-corrected chi connectivity index (χ3v) is 2.70. The molecule has 0 radical (unpaired) electrons. The summed E-state index contributed by atoms with van der Waals surface area (Å²) in [5.74, 6) is -0.0370. The van der Waals surface area contributed by atoms with E-state index in [9.17, 15) is 4.79 Å². The van der Waals surface area contributed by atoms with Crippen LogP contribution in [0.1, 0.15) is 38.4 Å². The van der Waals surface area contributed by atoms with E-state index in [-0.39, 0.29) is 11.9 Å². The summed E-state index contributed by atoms with van der Waals surface area (Å²) in [7, 11) is 0. The van der Waals surface area contributed by atoms with Gasteiger partial charge in [-0.3, -0.25) is 9.20 Å². The molecule has 18 heavy (non-hydrogen) atoms. The zero-order valence-corrected chi connectivity index (χ0v) is 10.5. The number of carbonyl (C=O) groups excluding carboxylic acids is 1. The van der Waals surface area contributed by atoms with Crippen LogP contribution in [0.5, 0.6) is 0 Å². The molecular formula is C12H16N4O2. The first-order chi connectivity index (χ1) is 8.77. The maximum absolute atomic E-state index is 12.0. The average molecular weight is 248 g/mol. The highest BCUT2D eigenvalue weighted by Gasteiger charge is 2.26. The fourth-order valence-corrected chi connectivity index (χ4v) is 1.88. The second kappa shape index (κ2) is 5.57. The summed E-state index contributed by atoms with van der Waals surface area (Å²) < 4.78 is 6.82. The molecule has 0 bridgehead atoms. The molecule has 0 N–H and O–H groups in total. The van der Waals surface area contributed by atoms with Gasteiger partial charge in [-0.25, -0.2) is 4.98 Å². The minimum atomic E-state index is -0.380. The van der Waals surface area contributed by atoms with E-state index in [4.69, 9.17) is 4.74 Å². The molecule has 1 atom stereocenters. The van der Waals surface area contributed by atoms with Crippen LogP contribution in [0.25, 0.3) is 5.65 Å². The maximum atomic E-state index is 12.0. The van der Waals surface area contributed by atoms with E-state index in [1.165, 1.54) is 0 Å². The third-order valence-electron chi connectivity index (χ3n) is 2.70. The Balaban J connectivity index is 2.38. The average Bonchev–Trinajstić information content (AvgIpc) is 2.80. The molecule has 0 aliphatic heterocycles. The first-order valence-corrected chi connectivity index (χ1v) is 6.09. The molecule has 0 aliphatic rings. The summed E-state index contributed by atoms with van der Waals surface area (Å²) in [5.41, 5.74) is 0.686. The van der Waals surface area contributed by atoms with Crippen molar-refractivity contribution in [2.75, 3.05) is 6.61 Å². The van der Waals surface area contributed by atoms with Crippen molar-refractivity contribution in [3.05, 3.63) is 24.4 Å². The molecule has 0 saturated carbocycles. The molecule has 2 rings (SSSR count). The van der Waals surface area contributed by atoms with Crippen molar-refractivity contribution < 1.29 is 9.53 Å². The van der Waals surface area contributed by atoms with E-state index in [0.717, 1.165) is 6.42 Å². The zero-order valence-electron chi connectivity index (χ0n) is 10.5. The van der Waals surface area contributed by atoms with Crippen LogP contribution < -0.4 is 0 Å². The summed E-state index contributed by atoms with van der Waals surface area (Å²) in [6, 6.07) is 1.75. The highest BCUT2D eigenvalue weighted by atomic mass is 16.5. The summed E-state index contributed by atoms with van der Waals surface area (Å²) in [4.78, 5) is 16.0. The fourth-order valence-electron chi connectivity index (χ4n) is 1.88. The summed E-state index contributed by atoms with van der Waals surface area (Å²) >= 11 is 0. The van der Waals surface area contributed by atoms with E-state index in [0.29, 0.717) is 24.5 Å². The van der Waals surface area contributed by atoms with Gasteiger partial charge in [0.05, 0.1) is 6.61 Å². The molecule has 0 spiro atoms. The van der Waals surface area contributed by atoms with Crippen LogP contribution in [0.3, 0.4) is 0 Å². The lowest BCUT2D eigenvalue weighted by molar-refractivity contribution is -0.145. The Morgan fingerprint density at radius 2 is 2.28 bits per heavy atom.